The minimum atomic E-state index is 0.511. The van der Waals surface area contributed by atoms with Crippen molar-refractivity contribution in [2.75, 3.05) is 5.32 Å². The number of rotatable bonds is 6. The van der Waals surface area contributed by atoms with Crippen LogP contribution >= 0.6 is 0 Å². The van der Waals surface area contributed by atoms with Crippen LogP contribution < -0.4 is 5.32 Å². The molecule has 1 atom stereocenters. The first kappa shape index (κ1) is 13.7. The highest BCUT2D eigenvalue weighted by molar-refractivity contribution is 5.45. The molecular weight excluding hydrogens is 234 g/mol. The van der Waals surface area contributed by atoms with E-state index in [9.17, 15) is 0 Å². The lowest BCUT2D eigenvalue weighted by Gasteiger charge is -2.17. The summed E-state index contributed by atoms with van der Waals surface area (Å²) in [5.74, 6) is 0.724. The van der Waals surface area contributed by atoms with Gasteiger partial charge < -0.3 is 5.32 Å². The number of nitrogens with one attached hydrogen (secondary N) is 1. The Balaban J connectivity index is 1.91. The molecule has 0 saturated heterocycles. The summed E-state index contributed by atoms with van der Waals surface area (Å²) < 4.78 is 1.93. The van der Waals surface area contributed by atoms with Gasteiger partial charge in [0, 0.05) is 24.1 Å². The molecule has 1 aromatic heterocycles. The Morgan fingerprint density at radius 1 is 1.16 bits per heavy atom. The van der Waals surface area contributed by atoms with Gasteiger partial charge in [0.1, 0.15) is 0 Å². The Morgan fingerprint density at radius 3 is 2.47 bits per heavy atom. The summed E-state index contributed by atoms with van der Waals surface area (Å²) in [5.41, 5.74) is 2.46. The van der Waals surface area contributed by atoms with Crippen LogP contribution in [0.4, 0.5) is 5.69 Å². The SMILES string of the molecule is CC(C)CC(C)Nc1ccc(Cn2cccn2)cc1. The first-order chi connectivity index (χ1) is 9.13. The zero-order chi connectivity index (χ0) is 13.7. The van der Waals surface area contributed by atoms with Gasteiger partial charge in [0.25, 0.3) is 0 Å². The van der Waals surface area contributed by atoms with Crippen LogP contribution in [0.15, 0.2) is 42.7 Å². The molecule has 0 radical (unpaired) electrons. The van der Waals surface area contributed by atoms with Crippen molar-refractivity contribution in [3.63, 3.8) is 0 Å². The summed E-state index contributed by atoms with van der Waals surface area (Å²) in [7, 11) is 0. The number of hydrogen-bond donors (Lipinski definition) is 1. The molecule has 0 spiro atoms. The van der Waals surface area contributed by atoms with Gasteiger partial charge in [-0.3, -0.25) is 4.68 Å². The molecule has 0 aliphatic heterocycles. The Hall–Kier alpha value is -1.77. The standard InChI is InChI=1S/C16H23N3/c1-13(2)11-14(3)18-16-7-5-15(6-8-16)12-19-10-4-9-17-19/h4-10,13-14,18H,11-12H2,1-3H3. The summed E-state index contributed by atoms with van der Waals surface area (Å²) in [5, 5.41) is 7.75. The van der Waals surface area contributed by atoms with Gasteiger partial charge in [-0.15, -0.1) is 0 Å². The second-order valence-electron chi connectivity index (χ2n) is 5.58. The fourth-order valence-corrected chi connectivity index (χ4v) is 2.34. The largest absolute Gasteiger partial charge is 0.383 e. The van der Waals surface area contributed by atoms with Gasteiger partial charge in [0.05, 0.1) is 6.54 Å². The molecule has 3 heteroatoms. The molecule has 0 aliphatic carbocycles. The van der Waals surface area contributed by atoms with E-state index >= 15 is 0 Å². The predicted molar refractivity (Wildman–Crippen MR) is 80.3 cm³/mol. The molecular formula is C16H23N3. The molecule has 102 valence electrons. The van der Waals surface area contributed by atoms with Crippen LogP contribution in [0.1, 0.15) is 32.8 Å². The zero-order valence-corrected chi connectivity index (χ0v) is 12.0. The molecule has 19 heavy (non-hydrogen) atoms. The average Bonchev–Trinajstić information content (AvgIpc) is 2.83. The lowest BCUT2D eigenvalue weighted by Crippen LogP contribution is -2.17. The highest BCUT2D eigenvalue weighted by atomic mass is 15.3. The van der Waals surface area contributed by atoms with E-state index in [1.54, 1.807) is 0 Å². The molecule has 0 saturated carbocycles. The van der Waals surface area contributed by atoms with Crippen LogP contribution in [0.25, 0.3) is 0 Å². The molecule has 1 aromatic carbocycles. The predicted octanol–water partition coefficient (Wildman–Crippen LogP) is 3.78. The van der Waals surface area contributed by atoms with Gasteiger partial charge in [-0.05, 0) is 43.0 Å². The third-order valence-electron chi connectivity index (χ3n) is 3.10. The van der Waals surface area contributed by atoms with Crippen LogP contribution in [0.3, 0.4) is 0 Å². The molecule has 1 N–H and O–H groups in total. The molecule has 0 amide bonds. The number of aromatic nitrogens is 2. The van der Waals surface area contributed by atoms with E-state index in [4.69, 9.17) is 0 Å². The van der Waals surface area contributed by atoms with Crippen molar-refractivity contribution in [3.8, 4) is 0 Å². The van der Waals surface area contributed by atoms with Crippen molar-refractivity contribution < 1.29 is 0 Å². The third-order valence-corrected chi connectivity index (χ3v) is 3.10. The Labute approximate surface area is 115 Å². The molecule has 2 aromatic rings. The van der Waals surface area contributed by atoms with Gasteiger partial charge in [-0.1, -0.05) is 26.0 Å². The van der Waals surface area contributed by atoms with Crippen molar-refractivity contribution in [1.29, 1.82) is 0 Å². The van der Waals surface area contributed by atoms with Gasteiger partial charge in [0.2, 0.25) is 0 Å². The normalized spacial score (nSPS) is 12.6. The maximum Gasteiger partial charge on any atom is 0.0659 e. The van der Waals surface area contributed by atoms with E-state index in [-0.39, 0.29) is 0 Å². The summed E-state index contributed by atoms with van der Waals surface area (Å²) in [6, 6.07) is 11.1. The Kier molecular flexibility index (Phi) is 4.61. The zero-order valence-electron chi connectivity index (χ0n) is 12.0. The molecule has 0 aliphatic rings. The second kappa shape index (κ2) is 6.41. The van der Waals surface area contributed by atoms with Crippen LogP contribution in [0.5, 0.6) is 0 Å². The fourth-order valence-electron chi connectivity index (χ4n) is 2.34. The van der Waals surface area contributed by atoms with Gasteiger partial charge in [-0.25, -0.2) is 0 Å². The van der Waals surface area contributed by atoms with Gasteiger partial charge in [-0.2, -0.15) is 5.10 Å². The van der Waals surface area contributed by atoms with Crippen molar-refractivity contribution in [1.82, 2.24) is 9.78 Å². The molecule has 1 heterocycles. The van der Waals surface area contributed by atoms with Crippen molar-refractivity contribution in [2.45, 2.75) is 39.8 Å². The molecule has 3 nitrogen and oxygen atoms in total. The minimum Gasteiger partial charge on any atom is -0.383 e. The van der Waals surface area contributed by atoms with E-state index < -0.39 is 0 Å². The molecule has 0 fully saturated rings. The van der Waals surface area contributed by atoms with Crippen molar-refractivity contribution in [3.05, 3.63) is 48.3 Å². The number of anilines is 1. The van der Waals surface area contributed by atoms with Crippen LogP contribution in [0, 0.1) is 5.92 Å². The van der Waals surface area contributed by atoms with E-state index in [2.05, 4.69) is 55.5 Å². The fraction of sp³-hybridized carbons (Fsp3) is 0.438. The van der Waals surface area contributed by atoms with E-state index in [0.717, 1.165) is 12.5 Å². The third kappa shape index (κ3) is 4.43. The molecule has 2 rings (SSSR count). The highest BCUT2D eigenvalue weighted by Crippen LogP contribution is 2.14. The topological polar surface area (TPSA) is 29.9 Å². The summed E-state index contributed by atoms with van der Waals surface area (Å²) in [6.07, 6.45) is 4.98. The highest BCUT2D eigenvalue weighted by Gasteiger charge is 2.04. The monoisotopic (exact) mass is 257 g/mol. The smallest absolute Gasteiger partial charge is 0.0659 e. The van der Waals surface area contributed by atoms with E-state index in [0.29, 0.717) is 6.04 Å². The minimum absolute atomic E-state index is 0.511. The van der Waals surface area contributed by atoms with Crippen LogP contribution in [0.2, 0.25) is 0 Å². The Bertz CT molecular complexity index is 471. The summed E-state index contributed by atoms with van der Waals surface area (Å²) in [6.45, 7) is 7.57. The quantitative estimate of drug-likeness (QED) is 0.853. The first-order valence-corrected chi connectivity index (χ1v) is 6.96. The van der Waals surface area contributed by atoms with Crippen LogP contribution in [-0.4, -0.2) is 15.8 Å². The van der Waals surface area contributed by atoms with Crippen molar-refractivity contribution >= 4 is 5.69 Å². The van der Waals surface area contributed by atoms with E-state index in [1.165, 1.54) is 17.7 Å². The average molecular weight is 257 g/mol. The molecule has 0 bridgehead atoms. The summed E-state index contributed by atoms with van der Waals surface area (Å²) >= 11 is 0. The number of benzene rings is 1. The summed E-state index contributed by atoms with van der Waals surface area (Å²) in [4.78, 5) is 0. The number of nitrogens with zero attached hydrogens (tertiary/aromatic N) is 2. The maximum absolute atomic E-state index is 4.22. The first-order valence-electron chi connectivity index (χ1n) is 6.96. The number of hydrogen-bond acceptors (Lipinski definition) is 2. The van der Waals surface area contributed by atoms with E-state index in [1.807, 2.05) is 23.1 Å². The lowest BCUT2D eigenvalue weighted by molar-refractivity contribution is 0.540. The van der Waals surface area contributed by atoms with Crippen molar-refractivity contribution in [2.24, 2.45) is 5.92 Å². The van der Waals surface area contributed by atoms with Gasteiger partial charge >= 0.3 is 0 Å². The van der Waals surface area contributed by atoms with Crippen LogP contribution in [-0.2, 0) is 6.54 Å². The second-order valence-corrected chi connectivity index (χ2v) is 5.58. The maximum atomic E-state index is 4.22. The lowest BCUT2D eigenvalue weighted by atomic mass is 10.0. The Morgan fingerprint density at radius 2 is 1.89 bits per heavy atom. The van der Waals surface area contributed by atoms with Gasteiger partial charge in [0.15, 0.2) is 0 Å². The molecule has 1 unspecified atom stereocenters.